The monoisotopic (exact) mass is 636 g/mol. The van der Waals surface area contributed by atoms with Gasteiger partial charge in [0.1, 0.15) is 31.3 Å². The maximum absolute atomic E-state index is 12.8. The molecule has 0 radical (unpaired) electrons. The van der Waals surface area contributed by atoms with E-state index in [1.165, 1.54) is 5.69 Å². The highest BCUT2D eigenvalue weighted by atomic mass is 16.8. The molecule has 0 bridgehead atoms. The molecule has 4 heterocycles. The molecule has 2 aliphatic heterocycles. The van der Waals surface area contributed by atoms with Crippen molar-refractivity contribution in [2.45, 2.75) is 44.7 Å². The molecule has 2 aromatic heterocycles. The van der Waals surface area contributed by atoms with Crippen LogP contribution in [0.15, 0.2) is 102 Å². The molecule has 0 spiro atoms. The maximum atomic E-state index is 12.8. The first-order valence-electron chi connectivity index (χ1n) is 16.2. The van der Waals surface area contributed by atoms with Crippen LogP contribution >= 0.6 is 0 Å². The Hall–Kier alpha value is -4.94. The summed E-state index contributed by atoms with van der Waals surface area (Å²) in [6.07, 6.45) is 5.51. The van der Waals surface area contributed by atoms with E-state index in [9.17, 15) is 4.79 Å². The highest BCUT2D eigenvalue weighted by Crippen LogP contribution is 2.36. The molecule has 2 saturated heterocycles. The summed E-state index contributed by atoms with van der Waals surface area (Å²) in [7, 11) is 0. The quantitative estimate of drug-likeness (QED) is 0.210. The predicted octanol–water partition coefficient (Wildman–Crippen LogP) is 4.27. The number of nitrogens with zero attached hydrogens (tertiary/aromatic N) is 8. The minimum atomic E-state index is -0.973. The lowest BCUT2D eigenvalue weighted by molar-refractivity contribution is -0.192. The van der Waals surface area contributed by atoms with Crippen molar-refractivity contribution in [3.8, 4) is 11.4 Å². The van der Waals surface area contributed by atoms with Gasteiger partial charge in [0.15, 0.2) is 0 Å². The SMILES string of the molecule is CC[C@@H](C)n1ncn(-c2ccc(N3CCN(c4ccc(OC[C@@H]5COC(Cn6nccn6)(c6ccccc6)O5)cc4)CC3)cc2)c1=O. The van der Waals surface area contributed by atoms with Crippen LogP contribution in [0.5, 0.6) is 5.75 Å². The molecule has 3 aromatic carbocycles. The Bertz CT molecular complexity index is 1780. The van der Waals surface area contributed by atoms with Gasteiger partial charge in [0.25, 0.3) is 0 Å². The first-order valence-corrected chi connectivity index (χ1v) is 16.2. The van der Waals surface area contributed by atoms with Crippen LogP contribution in [0.25, 0.3) is 5.69 Å². The Kier molecular flexibility index (Phi) is 8.77. The fourth-order valence-electron chi connectivity index (χ4n) is 6.13. The Labute approximate surface area is 273 Å². The smallest absolute Gasteiger partial charge is 0.350 e. The minimum absolute atomic E-state index is 0.0721. The van der Waals surface area contributed by atoms with Crippen molar-refractivity contribution < 1.29 is 14.2 Å². The molecule has 0 amide bonds. The van der Waals surface area contributed by atoms with Crippen LogP contribution in [0.3, 0.4) is 0 Å². The van der Waals surface area contributed by atoms with Gasteiger partial charge in [0, 0.05) is 43.1 Å². The van der Waals surface area contributed by atoms with Crippen LogP contribution in [0.1, 0.15) is 31.9 Å². The van der Waals surface area contributed by atoms with Gasteiger partial charge < -0.3 is 24.0 Å². The summed E-state index contributed by atoms with van der Waals surface area (Å²) < 4.78 is 22.0. The molecule has 7 rings (SSSR count). The molecular formula is C35H40N8O4. The van der Waals surface area contributed by atoms with Crippen molar-refractivity contribution in [2.24, 2.45) is 0 Å². The number of anilines is 2. The van der Waals surface area contributed by atoms with Crippen molar-refractivity contribution in [3.05, 3.63) is 114 Å². The highest BCUT2D eigenvalue weighted by molar-refractivity contribution is 5.54. The molecule has 0 aliphatic carbocycles. The molecule has 244 valence electrons. The second-order valence-corrected chi connectivity index (χ2v) is 12.0. The van der Waals surface area contributed by atoms with Gasteiger partial charge in [-0.2, -0.15) is 20.1 Å². The van der Waals surface area contributed by atoms with Crippen LogP contribution in [0, 0.1) is 0 Å². The highest BCUT2D eigenvalue weighted by Gasteiger charge is 2.44. The largest absolute Gasteiger partial charge is 0.491 e. The number of hydrogen-bond donors (Lipinski definition) is 0. The summed E-state index contributed by atoms with van der Waals surface area (Å²) >= 11 is 0. The van der Waals surface area contributed by atoms with E-state index in [1.807, 2.05) is 61.5 Å². The van der Waals surface area contributed by atoms with Crippen LogP contribution in [-0.2, 0) is 21.8 Å². The van der Waals surface area contributed by atoms with Crippen molar-refractivity contribution in [2.75, 3.05) is 49.2 Å². The molecule has 2 fully saturated rings. The lowest BCUT2D eigenvalue weighted by Crippen LogP contribution is -2.46. The molecular weight excluding hydrogens is 596 g/mol. The first kappa shape index (κ1) is 30.7. The van der Waals surface area contributed by atoms with E-state index in [2.05, 4.69) is 56.3 Å². The van der Waals surface area contributed by atoms with Gasteiger partial charge in [-0.1, -0.05) is 37.3 Å². The van der Waals surface area contributed by atoms with Crippen LogP contribution in [0.2, 0.25) is 0 Å². The Morgan fingerprint density at radius 2 is 1.47 bits per heavy atom. The zero-order valence-corrected chi connectivity index (χ0v) is 26.8. The summed E-state index contributed by atoms with van der Waals surface area (Å²) in [6.45, 7) is 8.79. The second-order valence-electron chi connectivity index (χ2n) is 12.0. The van der Waals surface area contributed by atoms with Crippen molar-refractivity contribution >= 4 is 11.4 Å². The molecule has 0 saturated carbocycles. The van der Waals surface area contributed by atoms with Gasteiger partial charge in [-0.3, -0.25) is 0 Å². The number of benzene rings is 3. The van der Waals surface area contributed by atoms with Crippen molar-refractivity contribution in [3.63, 3.8) is 0 Å². The number of rotatable bonds is 11. The molecule has 12 heteroatoms. The molecule has 12 nitrogen and oxygen atoms in total. The number of piperazine rings is 1. The van der Waals surface area contributed by atoms with Crippen LogP contribution < -0.4 is 20.2 Å². The normalized spacial score (nSPS) is 20.4. The summed E-state index contributed by atoms with van der Waals surface area (Å²) in [6, 6.07) is 26.4. The number of aromatic nitrogens is 6. The van der Waals surface area contributed by atoms with Gasteiger partial charge in [-0.15, -0.1) is 0 Å². The molecule has 47 heavy (non-hydrogen) atoms. The average Bonchev–Trinajstić information content (AvgIpc) is 3.89. The Balaban J connectivity index is 0.913. The zero-order chi connectivity index (χ0) is 32.2. The summed E-state index contributed by atoms with van der Waals surface area (Å²) in [4.78, 5) is 19.1. The number of ether oxygens (including phenoxy) is 3. The third-order valence-electron chi connectivity index (χ3n) is 9.00. The third kappa shape index (κ3) is 6.51. The van der Waals surface area contributed by atoms with E-state index in [4.69, 9.17) is 14.2 Å². The Morgan fingerprint density at radius 1 is 0.851 bits per heavy atom. The standard InChI is InChI=1S/C35H40N8O4/c1-3-27(2)43-34(44)41(26-38-43)31-11-9-29(10-12-31)39-19-21-40(22-20-39)30-13-15-32(16-14-30)45-23-33-24-46-35(47-33,25-42-36-17-18-37-42)28-7-5-4-6-8-28/h4-18,26-27,33H,3,19-25H2,1-2H3/t27-,33-,35?/m1/s1. The van der Waals surface area contributed by atoms with Gasteiger partial charge in [-0.05, 0) is 61.9 Å². The molecule has 0 N–H and O–H groups in total. The van der Waals surface area contributed by atoms with Crippen molar-refractivity contribution in [1.82, 2.24) is 29.3 Å². The van der Waals surface area contributed by atoms with Gasteiger partial charge in [0.2, 0.25) is 5.79 Å². The van der Waals surface area contributed by atoms with E-state index in [0.29, 0.717) is 19.8 Å². The summed E-state index contributed by atoms with van der Waals surface area (Å²) in [5.41, 5.74) is 3.95. The van der Waals surface area contributed by atoms with Gasteiger partial charge in [-0.25, -0.2) is 14.0 Å². The molecule has 1 unspecified atom stereocenters. The fourth-order valence-corrected chi connectivity index (χ4v) is 6.13. The number of hydrogen-bond acceptors (Lipinski definition) is 9. The fraction of sp³-hybridized carbons (Fsp3) is 0.371. The van der Waals surface area contributed by atoms with Crippen molar-refractivity contribution in [1.29, 1.82) is 0 Å². The van der Waals surface area contributed by atoms with E-state index in [1.54, 1.807) is 32.8 Å². The predicted molar refractivity (Wildman–Crippen MR) is 178 cm³/mol. The van der Waals surface area contributed by atoms with Crippen LogP contribution in [0.4, 0.5) is 11.4 Å². The summed E-state index contributed by atoms with van der Waals surface area (Å²) in [5.74, 6) is -0.185. The maximum Gasteiger partial charge on any atom is 0.350 e. The van der Waals surface area contributed by atoms with Crippen LogP contribution in [-0.4, -0.2) is 74.8 Å². The summed E-state index contributed by atoms with van der Waals surface area (Å²) in [5, 5.41) is 12.8. The first-order chi connectivity index (χ1) is 23.0. The van der Waals surface area contributed by atoms with E-state index >= 15 is 0 Å². The second kappa shape index (κ2) is 13.4. The average molecular weight is 637 g/mol. The molecule has 2 aliphatic rings. The van der Waals surface area contributed by atoms with Gasteiger partial charge >= 0.3 is 5.69 Å². The zero-order valence-electron chi connectivity index (χ0n) is 26.8. The lowest BCUT2D eigenvalue weighted by atomic mass is 10.1. The Morgan fingerprint density at radius 3 is 2.11 bits per heavy atom. The lowest BCUT2D eigenvalue weighted by Gasteiger charge is -2.37. The minimum Gasteiger partial charge on any atom is -0.491 e. The molecule has 3 atom stereocenters. The molecule has 5 aromatic rings. The van der Waals surface area contributed by atoms with E-state index in [0.717, 1.165) is 55.3 Å². The topological polar surface area (TPSA) is 105 Å². The van der Waals surface area contributed by atoms with Gasteiger partial charge in [0.05, 0.1) is 30.7 Å². The van der Waals surface area contributed by atoms with E-state index in [-0.39, 0.29) is 17.8 Å². The van der Waals surface area contributed by atoms with E-state index < -0.39 is 5.79 Å². The third-order valence-corrected chi connectivity index (χ3v) is 9.00.